The summed E-state index contributed by atoms with van der Waals surface area (Å²) in [6.45, 7) is 4.73. The molecule has 0 spiro atoms. The van der Waals surface area contributed by atoms with Crippen LogP contribution in [0.2, 0.25) is 0 Å². The molecule has 1 fully saturated rings. The quantitative estimate of drug-likeness (QED) is 0.252. The van der Waals surface area contributed by atoms with Gasteiger partial charge in [-0.15, -0.1) is 11.6 Å². The predicted octanol–water partition coefficient (Wildman–Crippen LogP) is 5.73. The molecule has 1 aliphatic heterocycles. The van der Waals surface area contributed by atoms with Gasteiger partial charge >= 0.3 is 0 Å². The lowest BCUT2D eigenvalue weighted by molar-refractivity contribution is -0.130. The number of amides is 1. The van der Waals surface area contributed by atoms with Gasteiger partial charge in [-0.05, 0) is 36.6 Å². The predicted molar refractivity (Wildman–Crippen MR) is 159 cm³/mol. The van der Waals surface area contributed by atoms with Crippen molar-refractivity contribution in [1.82, 2.24) is 24.6 Å². The highest BCUT2D eigenvalue weighted by Gasteiger charge is 2.27. The highest BCUT2D eigenvalue weighted by molar-refractivity contribution is 6.30. The Hall–Kier alpha value is -4.23. The van der Waals surface area contributed by atoms with Gasteiger partial charge < -0.3 is 9.80 Å². The third-order valence-electron chi connectivity index (χ3n) is 7.35. The number of halogens is 1. The molecule has 0 N–H and O–H groups in total. The zero-order valence-corrected chi connectivity index (χ0v) is 23.2. The standard InChI is InChI=1S/C32H31ClN6O/c1-23-13-15-24(16-14-23)21-28-35-30(27-22-34-39(31(27)36-28)26-11-6-3-7-12-26)37-17-8-18-38(20-19-37)32(40)29(33)25-9-4-2-5-10-25/h2-7,9-16,22,29H,8,17-21H2,1H3. The largest absolute Gasteiger partial charge is 0.354 e. The summed E-state index contributed by atoms with van der Waals surface area (Å²) in [7, 11) is 0. The van der Waals surface area contributed by atoms with Crippen molar-refractivity contribution in [2.45, 2.75) is 25.1 Å². The van der Waals surface area contributed by atoms with Crippen molar-refractivity contribution >= 4 is 34.4 Å². The van der Waals surface area contributed by atoms with Crippen LogP contribution in [-0.4, -0.2) is 56.7 Å². The number of carbonyl (C=O) groups excluding carboxylic acids is 1. The maximum atomic E-state index is 13.3. The fourth-order valence-electron chi connectivity index (χ4n) is 5.18. The molecule has 1 amide bonds. The first-order chi connectivity index (χ1) is 19.6. The van der Waals surface area contributed by atoms with Crippen LogP contribution < -0.4 is 4.90 Å². The minimum absolute atomic E-state index is 0.0560. The lowest BCUT2D eigenvalue weighted by atomic mass is 10.1. The Morgan fingerprint density at radius 2 is 1.60 bits per heavy atom. The molecule has 3 aromatic carbocycles. The lowest BCUT2D eigenvalue weighted by Gasteiger charge is -2.25. The maximum Gasteiger partial charge on any atom is 0.245 e. The molecule has 40 heavy (non-hydrogen) atoms. The minimum atomic E-state index is -0.691. The SMILES string of the molecule is Cc1ccc(Cc2nc(N3CCCN(C(=O)C(Cl)c4ccccc4)CC3)c3cnn(-c4ccccc4)c3n2)cc1. The van der Waals surface area contributed by atoms with E-state index in [0.717, 1.165) is 52.5 Å². The zero-order chi connectivity index (χ0) is 27.5. The number of rotatable bonds is 6. The Bertz CT molecular complexity index is 1600. The molecule has 7 nitrogen and oxygen atoms in total. The van der Waals surface area contributed by atoms with Crippen LogP contribution in [0.1, 0.15) is 34.3 Å². The molecule has 8 heteroatoms. The van der Waals surface area contributed by atoms with Gasteiger partial charge in [0, 0.05) is 32.6 Å². The van der Waals surface area contributed by atoms with E-state index in [0.29, 0.717) is 26.1 Å². The van der Waals surface area contributed by atoms with Gasteiger partial charge in [0.15, 0.2) is 5.65 Å². The van der Waals surface area contributed by atoms with Crippen LogP contribution in [0.3, 0.4) is 0 Å². The van der Waals surface area contributed by atoms with Crippen LogP contribution in [0.15, 0.2) is 91.1 Å². The van der Waals surface area contributed by atoms with Crippen molar-refractivity contribution in [2.24, 2.45) is 0 Å². The first kappa shape index (κ1) is 26.0. The number of benzene rings is 3. The van der Waals surface area contributed by atoms with Crippen LogP contribution in [0, 0.1) is 6.92 Å². The van der Waals surface area contributed by atoms with Gasteiger partial charge in [-0.3, -0.25) is 4.79 Å². The Labute approximate surface area is 239 Å². The second kappa shape index (κ2) is 11.5. The van der Waals surface area contributed by atoms with Gasteiger partial charge in [0.1, 0.15) is 17.0 Å². The number of alkyl halides is 1. The molecule has 202 valence electrons. The van der Waals surface area contributed by atoms with Gasteiger partial charge in [-0.25, -0.2) is 14.6 Å². The second-order valence-electron chi connectivity index (χ2n) is 10.2. The summed E-state index contributed by atoms with van der Waals surface area (Å²) in [5, 5.41) is 4.92. The van der Waals surface area contributed by atoms with Crippen molar-refractivity contribution in [2.75, 3.05) is 31.1 Å². The molecule has 1 aliphatic rings. The number of carbonyl (C=O) groups is 1. The second-order valence-corrected chi connectivity index (χ2v) is 10.6. The average Bonchev–Trinajstić information content (AvgIpc) is 3.27. The minimum Gasteiger partial charge on any atom is -0.354 e. The smallest absolute Gasteiger partial charge is 0.245 e. The number of aromatic nitrogens is 4. The summed E-state index contributed by atoms with van der Waals surface area (Å²) >= 11 is 6.61. The Balaban J connectivity index is 1.32. The molecule has 0 bridgehead atoms. The molecule has 0 aliphatic carbocycles. The summed E-state index contributed by atoms with van der Waals surface area (Å²) in [5.41, 5.74) is 4.92. The van der Waals surface area contributed by atoms with Gasteiger partial charge in [-0.1, -0.05) is 78.4 Å². The highest BCUT2D eigenvalue weighted by Crippen LogP contribution is 2.29. The molecule has 5 aromatic rings. The number of aryl methyl sites for hydroxylation is 1. The van der Waals surface area contributed by atoms with E-state index in [1.807, 2.05) is 76.4 Å². The van der Waals surface area contributed by atoms with Crippen molar-refractivity contribution in [3.05, 3.63) is 114 Å². The summed E-state index contributed by atoms with van der Waals surface area (Å²) in [6.07, 6.45) is 3.29. The van der Waals surface area contributed by atoms with Crippen molar-refractivity contribution < 1.29 is 4.79 Å². The van der Waals surface area contributed by atoms with E-state index in [1.165, 1.54) is 5.56 Å². The van der Waals surface area contributed by atoms with Crippen LogP contribution >= 0.6 is 11.6 Å². The molecule has 1 unspecified atom stereocenters. The normalized spacial score (nSPS) is 14.8. The summed E-state index contributed by atoms with van der Waals surface area (Å²) in [5.74, 6) is 1.54. The molecule has 2 aromatic heterocycles. The van der Waals surface area contributed by atoms with Crippen LogP contribution in [0.4, 0.5) is 5.82 Å². The van der Waals surface area contributed by atoms with E-state index in [4.69, 9.17) is 26.7 Å². The number of para-hydroxylation sites is 1. The summed E-state index contributed by atoms with van der Waals surface area (Å²) in [4.78, 5) is 27.5. The van der Waals surface area contributed by atoms with Crippen LogP contribution in [0.5, 0.6) is 0 Å². The van der Waals surface area contributed by atoms with Crippen molar-refractivity contribution in [3.8, 4) is 5.69 Å². The topological polar surface area (TPSA) is 67.2 Å². The lowest BCUT2D eigenvalue weighted by Crippen LogP contribution is -2.37. The van der Waals surface area contributed by atoms with E-state index in [2.05, 4.69) is 36.1 Å². The molecule has 6 rings (SSSR count). The van der Waals surface area contributed by atoms with E-state index >= 15 is 0 Å². The molecule has 1 atom stereocenters. The molecule has 1 saturated heterocycles. The van der Waals surface area contributed by atoms with Crippen molar-refractivity contribution in [1.29, 1.82) is 0 Å². The molecular weight excluding hydrogens is 520 g/mol. The van der Waals surface area contributed by atoms with E-state index in [9.17, 15) is 4.79 Å². The number of hydrogen-bond donors (Lipinski definition) is 0. The Kier molecular flexibility index (Phi) is 7.47. The summed E-state index contributed by atoms with van der Waals surface area (Å²) < 4.78 is 1.88. The van der Waals surface area contributed by atoms with Gasteiger partial charge in [0.05, 0.1) is 17.3 Å². The van der Waals surface area contributed by atoms with Crippen LogP contribution in [-0.2, 0) is 11.2 Å². The van der Waals surface area contributed by atoms with Gasteiger partial charge in [-0.2, -0.15) is 5.10 Å². The number of anilines is 1. The average molecular weight is 551 g/mol. The number of nitrogens with zero attached hydrogens (tertiary/aromatic N) is 6. The monoisotopic (exact) mass is 550 g/mol. The number of fused-ring (bicyclic) bond motifs is 1. The zero-order valence-electron chi connectivity index (χ0n) is 22.4. The highest BCUT2D eigenvalue weighted by atomic mass is 35.5. The fraction of sp³-hybridized carbons (Fsp3) is 0.250. The molecule has 0 radical (unpaired) electrons. The van der Waals surface area contributed by atoms with E-state index in [-0.39, 0.29) is 5.91 Å². The first-order valence-electron chi connectivity index (χ1n) is 13.7. The van der Waals surface area contributed by atoms with Gasteiger partial charge in [0.2, 0.25) is 5.91 Å². The van der Waals surface area contributed by atoms with Crippen molar-refractivity contribution in [3.63, 3.8) is 0 Å². The third kappa shape index (κ3) is 5.42. The Morgan fingerprint density at radius 1 is 0.875 bits per heavy atom. The Morgan fingerprint density at radius 3 is 2.35 bits per heavy atom. The first-order valence-corrected chi connectivity index (χ1v) is 14.1. The van der Waals surface area contributed by atoms with Crippen LogP contribution in [0.25, 0.3) is 16.7 Å². The molecule has 3 heterocycles. The van der Waals surface area contributed by atoms with E-state index < -0.39 is 5.38 Å². The van der Waals surface area contributed by atoms with E-state index in [1.54, 1.807) is 0 Å². The number of hydrogen-bond acceptors (Lipinski definition) is 5. The third-order valence-corrected chi connectivity index (χ3v) is 7.79. The fourth-order valence-corrected chi connectivity index (χ4v) is 5.46. The van der Waals surface area contributed by atoms with Gasteiger partial charge in [0.25, 0.3) is 0 Å². The molecular formula is C32H31ClN6O. The maximum absolute atomic E-state index is 13.3. The summed E-state index contributed by atoms with van der Waals surface area (Å²) in [6, 6.07) is 28.1. The molecule has 0 saturated carbocycles.